The molecule has 3 N–H and O–H groups in total. The van der Waals surface area contributed by atoms with Gasteiger partial charge in [0.2, 0.25) is 0 Å². The first-order valence-electron chi connectivity index (χ1n) is 8.21. The molecule has 1 fully saturated rings. The van der Waals surface area contributed by atoms with E-state index in [-0.39, 0.29) is 24.9 Å². The van der Waals surface area contributed by atoms with Gasteiger partial charge in [0.05, 0.1) is 17.2 Å². The van der Waals surface area contributed by atoms with E-state index in [2.05, 4.69) is 15.5 Å². The molecule has 24 heavy (non-hydrogen) atoms. The number of rotatable bonds is 8. The van der Waals surface area contributed by atoms with Crippen molar-refractivity contribution >= 4 is 13.1 Å². The first-order chi connectivity index (χ1) is 11.1. The van der Waals surface area contributed by atoms with Gasteiger partial charge < -0.3 is 20.1 Å². The zero-order valence-electron chi connectivity index (χ0n) is 14.7. The summed E-state index contributed by atoms with van der Waals surface area (Å²) in [6, 6.07) is -0.391. The van der Waals surface area contributed by atoms with Crippen molar-refractivity contribution in [2.24, 2.45) is 5.73 Å². The predicted octanol–water partition coefficient (Wildman–Crippen LogP) is 1.02. The minimum atomic E-state index is -1.00. The molecular weight excluding hydrogens is 313 g/mol. The molecule has 0 spiro atoms. The molecular formula is C14H26BN5O4. The molecule has 134 valence electrons. The van der Waals surface area contributed by atoms with Crippen LogP contribution in [0.4, 0.5) is 0 Å². The van der Waals surface area contributed by atoms with Crippen LogP contribution in [0.15, 0.2) is 0 Å². The van der Waals surface area contributed by atoms with Crippen LogP contribution in [0.3, 0.4) is 0 Å². The molecule has 2 heterocycles. The van der Waals surface area contributed by atoms with Crippen LogP contribution >= 0.6 is 0 Å². The quantitative estimate of drug-likeness (QED) is 0.531. The van der Waals surface area contributed by atoms with Crippen molar-refractivity contribution in [3.8, 4) is 0 Å². The maximum Gasteiger partial charge on any atom is 0.457 e. The van der Waals surface area contributed by atoms with E-state index in [0.29, 0.717) is 12.2 Å². The Labute approximate surface area is 142 Å². The fourth-order valence-electron chi connectivity index (χ4n) is 2.61. The Morgan fingerprint density at radius 1 is 1.29 bits per heavy atom. The molecule has 0 bridgehead atoms. The lowest BCUT2D eigenvalue weighted by Gasteiger charge is -2.32. The largest absolute Gasteiger partial charge is 0.480 e. The highest BCUT2D eigenvalue weighted by molar-refractivity contribution is 6.45. The molecule has 0 aromatic carbocycles. The summed E-state index contributed by atoms with van der Waals surface area (Å²) in [6.45, 7) is 7.84. The average molecular weight is 339 g/mol. The summed E-state index contributed by atoms with van der Waals surface area (Å²) in [4.78, 5) is 10.8. The van der Waals surface area contributed by atoms with Crippen molar-refractivity contribution in [2.45, 2.75) is 77.1 Å². The van der Waals surface area contributed by atoms with Gasteiger partial charge in [0.15, 0.2) is 5.82 Å². The average Bonchev–Trinajstić information content (AvgIpc) is 2.96. The second-order valence-corrected chi connectivity index (χ2v) is 7.17. The number of unbranched alkanes of at least 4 members (excludes halogenated alkanes) is 1. The third kappa shape index (κ3) is 4.31. The van der Waals surface area contributed by atoms with Crippen LogP contribution in [0.2, 0.25) is 6.32 Å². The summed E-state index contributed by atoms with van der Waals surface area (Å²) in [5.74, 6) is -0.607. The van der Waals surface area contributed by atoms with Crippen LogP contribution in [0.1, 0.15) is 58.8 Å². The van der Waals surface area contributed by atoms with Crippen molar-refractivity contribution < 1.29 is 19.2 Å². The number of aromatic nitrogens is 4. The Morgan fingerprint density at radius 2 is 1.92 bits per heavy atom. The van der Waals surface area contributed by atoms with Gasteiger partial charge in [-0.25, -0.2) is 4.68 Å². The molecule has 1 aromatic rings. The summed E-state index contributed by atoms with van der Waals surface area (Å²) in [5.41, 5.74) is 5.45. The molecule has 1 unspecified atom stereocenters. The Morgan fingerprint density at radius 3 is 2.50 bits per heavy atom. The molecule has 1 aliphatic rings. The number of nitrogens with zero attached hydrogens (tertiary/aromatic N) is 4. The van der Waals surface area contributed by atoms with E-state index in [0.717, 1.165) is 19.2 Å². The third-order valence-corrected chi connectivity index (χ3v) is 4.68. The van der Waals surface area contributed by atoms with Gasteiger partial charge in [-0.1, -0.05) is 12.8 Å². The Balaban J connectivity index is 1.75. The number of aliphatic carboxylic acids is 1. The number of tetrazole rings is 1. The van der Waals surface area contributed by atoms with Gasteiger partial charge in [-0.3, -0.25) is 4.79 Å². The summed E-state index contributed by atoms with van der Waals surface area (Å²) < 4.78 is 13.1. The second-order valence-electron chi connectivity index (χ2n) is 7.17. The van der Waals surface area contributed by atoms with Crippen molar-refractivity contribution in [3.63, 3.8) is 0 Å². The highest BCUT2D eigenvalue weighted by Crippen LogP contribution is 2.38. The summed E-state index contributed by atoms with van der Waals surface area (Å²) in [6.07, 6.45) is 3.20. The molecule has 9 nitrogen and oxygen atoms in total. The van der Waals surface area contributed by atoms with E-state index < -0.39 is 12.0 Å². The highest BCUT2D eigenvalue weighted by atomic mass is 16.7. The van der Waals surface area contributed by atoms with Gasteiger partial charge in [0.25, 0.3) is 0 Å². The van der Waals surface area contributed by atoms with Crippen LogP contribution < -0.4 is 5.73 Å². The van der Waals surface area contributed by atoms with Crippen molar-refractivity contribution in [3.05, 3.63) is 5.82 Å². The van der Waals surface area contributed by atoms with Crippen LogP contribution in [0.5, 0.6) is 0 Å². The predicted molar refractivity (Wildman–Crippen MR) is 87.1 cm³/mol. The Hall–Kier alpha value is -1.52. The summed E-state index contributed by atoms with van der Waals surface area (Å²) in [7, 11) is -0.205. The van der Waals surface area contributed by atoms with Crippen LogP contribution in [-0.4, -0.2) is 49.6 Å². The number of carbonyl (C=O) groups is 1. The molecule has 2 rings (SSSR count). The van der Waals surface area contributed by atoms with Crippen molar-refractivity contribution in [1.82, 2.24) is 20.2 Å². The standard InChI is InChI=1S/C14H26BN5O4/c1-13(2)14(3,4)24-15(23-13)8-6-5-7-10(16)12-17-18-19-20(12)9-11(21)22/h10H,5-9,16H2,1-4H3,(H,21,22). The van der Waals surface area contributed by atoms with E-state index in [1.54, 1.807) is 0 Å². The van der Waals surface area contributed by atoms with Gasteiger partial charge >= 0.3 is 13.1 Å². The van der Waals surface area contributed by atoms with E-state index in [1.807, 2.05) is 27.7 Å². The van der Waals surface area contributed by atoms with E-state index in [1.165, 1.54) is 4.68 Å². The van der Waals surface area contributed by atoms with Crippen LogP contribution in [0.25, 0.3) is 0 Å². The second kappa shape index (κ2) is 7.16. The Kier molecular flexibility index (Phi) is 5.61. The number of nitrogens with two attached hydrogens (primary N) is 1. The van der Waals surface area contributed by atoms with E-state index in [9.17, 15) is 4.79 Å². The van der Waals surface area contributed by atoms with Crippen LogP contribution in [-0.2, 0) is 20.6 Å². The molecule has 0 amide bonds. The monoisotopic (exact) mass is 339 g/mol. The van der Waals surface area contributed by atoms with Crippen LogP contribution in [0, 0.1) is 0 Å². The molecule has 1 saturated heterocycles. The van der Waals surface area contributed by atoms with Gasteiger partial charge in [-0.05, 0) is 50.9 Å². The molecule has 0 saturated carbocycles. The zero-order valence-corrected chi connectivity index (χ0v) is 14.7. The number of carboxylic acids is 1. The van der Waals surface area contributed by atoms with Crippen molar-refractivity contribution in [1.29, 1.82) is 0 Å². The third-order valence-electron chi connectivity index (χ3n) is 4.68. The fourth-order valence-corrected chi connectivity index (χ4v) is 2.61. The summed E-state index contributed by atoms with van der Waals surface area (Å²) in [5, 5.41) is 19.8. The number of hydrogen-bond acceptors (Lipinski definition) is 7. The van der Waals surface area contributed by atoms with E-state index in [4.69, 9.17) is 20.1 Å². The maximum absolute atomic E-state index is 10.8. The smallest absolute Gasteiger partial charge is 0.457 e. The van der Waals surface area contributed by atoms with Gasteiger partial charge in [0, 0.05) is 0 Å². The Bertz CT molecular complexity index is 561. The molecule has 10 heteroatoms. The van der Waals surface area contributed by atoms with Gasteiger partial charge in [-0.15, -0.1) is 5.10 Å². The minimum absolute atomic E-state index is 0.205. The first-order valence-corrected chi connectivity index (χ1v) is 8.21. The number of hydrogen-bond donors (Lipinski definition) is 2. The molecule has 1 aliphatic heterocycles. The lowest BCUT2D eigenvalue weighted by molar-refractivity contribution is -0.138. The highest BCUT2D eigenvalue weighted by Gasteiger charge is 2.50. The number of carboxylic acid groups (broad SMARTS) is 1. The fraction of sp³-hybridized carbons (Fsp3) is 0.857. The normalized spacial score (nSPS) is 20.3. The lowest BCUT2D eigenvalue weighted by atomic mass is 9.82. The van der Waals surface area contributed by atoms with Crippen molar-refractivity contribution in [2.75, 3.05) is 0 Å². The topological polar surface area (TPSA) is 125 Å². The molecule has 0 aliphatic carbocycles. The maximum atomic E-state index is 10.8. The minimum Gasteiger partial charge on any atom is -0.480 e. The van der Waals surface area contributed by atoms with Gasteiger partial charge in [-0.2, -0.15) is 0 Å². The molecule has 1 aromatic heterocycles. The van der Waals surface area contributed by atoms with Gasteiger partial charge in [0.1, 0.15) is 6.54 Å². The van der Waals surface area contributed by atoms with E-state index >= 15 is 0 Å². The molecule has 0 radical (unpaired) electrons. The first kappa shape index (κ1) is 18.8. The lowest BCUT2D eigenvalue weighted by Crippen LogP contribution is -2.41. The zero-order chi connectivity index (χ0) is 18.0. The molecule has 1 atom stereocenters. The summed E-state index contributed by atoms with van der Waals surface area (Å²) >= 11 is 0. The SMILES string of the molecule is CC1(C)OB(CCCCC(N)c2nnnn2CC(=O)O)OC1(C)C.